The van der Waals surface area contributed by atoms with Crippen LogP contribution in [0.4, 0.5) is 22.0 Å². The van der Waals surface area contributed by atoms with Crippen molar-refractivity contribution in [1.82, 2.24) is 29.7 Å². The molecule has 180 valence electrons. The third-order valence-electron chi connectivity index (χ3n) is 5.57. The molecular weight excluding hydrogens is 467 g/mol. The average molecular weight is 493 g/mol. The summed E-state index contributed by atoms with van der Waals surface area (Å²) in [5.41, 5.74) is 8.76. The molecule has 1 aliphatic rings. The lowest BCUT2D eigenvalue weighted by molar-refractivity contribution is 0.0953. The van der Waals surface area contributed by atoms with E-state index in [1.165, 1.54) is 23.9 Å². The fourth-order valence-electron chi connectivity index (χ4n) is 3.82. The summed E-state index contributed by atoms with van der Waals surface area (Å²) < 4.78 is 21.3. The number of anilines is 3. The summed E-state index contributed by atoms with van der Waals surface area (Å²) in [6.07, 6.45) is 2.09. The molecule has 3 N–H and O–H groups in total. The Kier molecular flexibility index (Phi) is 6.87. The zero-order valence-electron chi connectivity index (χ0n) is 19.2. The lowest BCUT2D eigenvalue weighted by Crippen LogP contribution is -2.16. The minimum absolute atomic E-state index is 0.0858. The van der Waals surface area contributed by atoms with E-state index in [4.69, 9.17) is 10.5 Å². The molecule has 1 saturated heterocycles. The van der Waals surface area contributed by atoms with E-state index in [-0.39, 0.29) is 17.9 Å². The molecule has 0 amide bonds. The van der Waals surface area contributed by atoms with E-state index in [0.29, 0.717) is 35.1 Å². The van der Waals surface area contributed by atoms with Crippen LogP contribution < -0.4 is 11.1 Å². The summed E-state index contributed by atoms with van der Waals surface area (Å²) >= 11 is 1.45. The van der Waals surface area contributed by atoms with Gasteiger partial charge in [-0.25, -0.2) is 4.39 Å². The molecule has 11 heteroatoms. The van der Waals surface area contributed by atoms with Gasteiger partial charge in [0.25, 0.3) is 0 Å². The number of thioether (sulfide) groups is 1. The maximum absolute atomic E-state index is 13.5. The summed E-state index contributed by atoms with van der Waals surface area (Å²) in [6.45, 7) is 3.39. The monoisotopic (exact) mass is 492 g/mol. The predicted molar refractivity (Wildman–Crippen MR) is 133 cm³/mol. The van der Waals surface area contributed by atoms with Gasteiger partial charge in [0.15, 0.2) is 11.0 Å². The Morgan fingerprint density at radius 2 is 1.89 bits per heavy atom. The van der Waals surface area contributed by atoms with E-state index in [2.05, 4.69) is 30.5 Å². The number of aromatic nitrogens is 6. The van der Waals surface area contributed by atoms with Crippen LogP contribution in [0.15, 0.2) is 53.7 Å². The molecular formula is C24H25FN8OS. The fourth-order valence-corrected chi connectivity index (χ4v) is 4.62. The standard InChI is InChI=1S/C24H25FN8OS/c1-15-4-10-18(11-5-15)27-23-29-20(28-22(26)30-23)14-35-24-32-31-21(16-6-8-17(25)9-7-16)33(24)13-19-3-2-12-34-19/h4-11,19H,2-3,12-14H2,1H3,(H3,26,27,28,29,30)/t19-/m1/s1. The Morgan fingerprint density at radius 3 is 2.63 bits per heavy atom. The predicted octanol–water partition coefficient (Wildman–Crippen LogP) is 4.37. The van der Waals surface area contributed by atoms with Crippen LogP contribution in [0.1, 0.15) is 24.2 Å². The fraction of sp³-hybridized carbons (Fsp3) is 0.292. The van der Waals surface area contributed by atoms with Gasteiger partial charge in [0, 0.05) is 17.9 Å². The molecule has 0 spiro atoms. The molecule has 0 radical (unpaired) electrons. The molecule has 1 fully saturated rings. The van der Waals surface area contributed by atoms with Gasteiger partial charge < -0.3 is 15.8 Å². The highest BCUT2D eigenvalue weighted by atomic mass is 32.2. The summed E-state index contributed by atoms with van der Waals surface area (Å²) in [7, 11) is 0. The molecule has 5 rings (SSSR count). The zero-order chi connectivity index (χ0) is 24.2. The second-order valence-electron chi connectivity index (χ2n) is 8.27. The number of halogens is 1. The molecule has 0 bridgehead atoms. The summed E-state index contributed by atoms with van der Waals surface area (Å²) in [5, 5.41) is 12.7. The first-order valence-corrected chi connectivity index (χ1v) is 12.3. The highest BCUT2D eigenvalue weighted by Crippen LogP contribution is 2.28. The molecule has 0 saturated carbocycles. The Labute approximate surface area is 206 Å². The van der Waals surface area contributed by atoms with E-state index < -0.39 is 0 Å². The van der Waals surface area contributed by atoms with Gasteiger partial charge in [-0.3, -0.25) is 4.57 Å². The van der Waals surface area contributed by atoms with Gasteiger partial charge in [-0.1, -0.05) is 29.5 Å². The summed E-state index contributed by atoms with van der Waals surface area (Å²) in [6, 6.07) is 14.2. The summed E-state index contributed by atoms with van der Waals surface area (Å²) in [4.78, 5) is 13.0. The molecule has 9 nitrogen and oxygen atoms in total. The van der Waals surface area contributed by atoms with Crippen LogP contribution in [0.25, 0.3) is 11.4 Å². The van der Waals surface area contributed by atoms with Gasteiger partial charge in [0.1, 0.15) is 11.6 Å². The maximum atomic E-state index is 13.5. The topological polar surface area (TPSA) is 117 Å². The van der Waals surface area contributed by atoms with Crippen molar-refractivity contribution in [1.29, 1.82) is 0 Å². The zero-order valence-corrected chi connectivity index (χ0v) is 20.0. The number of rotatable bonds is 8. The highest BCUT2D eigenvalue weighted by molar-refractivity contribution is 7.98. The lowest BCUT2D eigenvalue weighted by atomic mass is 10.2. The minimum Gasteiger partial charge on any atom is -0.376 e. The van der Waals surface area contributed by atoms with Crippen molar-refractivity contribution in [2.75, 3.05) is 17.7 Å². The van der Waals surface area contributed by atoms with Crippen molar-refractivity contribution in [3.63, 3.8) is 0 Å². The van der Waals surface area contributed by atoms with Crippen LogP contribution in [-0.2, 0) is 17.0 Å². The third-order valence-corrected chi connectivity index (χ3v) is 6.53. The molecule has 2 aromatic heterocycles. The van der Waals surface area contributed by atoms with Crippen LogP contribution in [0.5, 0.6) is 0 Å². The van der Waals surface area contributed by atoms with Crippen molar-refractivity contribution < 1.29 is 9.13 Å². The number of hydrogen-bond donors (Lipinski definition) is 2. The second kappa shape index (κ2) is 10.4. The number of nitrogen functional groups attached to an aromatic ring is 1. The first-order valence-electron chi connectivity index (χ1n) is 11.3. The average Bonchev–Trinajstić information content (AvgIpc) is 3.50. The lowest BCUT2D eigenvalue weighted by Gasteiger charge is -2.14. The molecule has 0 unspecified atom stereocenters. The number of benzene rings is 2. The van der Waals surface area contributed by atoms with Gasteiger partial charge in [0.2, 0.25) is 11.9 Å². The first-order chi connectivity index (χ1) is 17.0. The van der Waals surface area contributed by atoms with Crippen LogP contribution in [0, 0.1) is 12.7 Å². The Hall–Kier alpha value is -3.57. The minimum atomic E-state index is -0.295. The van der Waals surface area contributed by atoms with Gasteiger partial charge in [-0.05, 0) is 56.2 Å². The second-order valence-corrected chi connectivity index (χ2v) is 9.21. The van der Waals surface area contributed by atoms with Gasteiger partial charge in [-0.15, -0.1) is 10.2 Å². The molecule has 3 heterocycles. The quantitative estimate of drug-likeness (QED) is 0.346. The van der Waals surface area contributed by atoms with Crippen LogP contribution in [-0.4, -0.2) is 42.4 Å². The van der Waals surface area contributed by atoms with Gasteiger partial charge >= 0.3 is 0 Å². The van der Waals surface area contributed by atoms with Crippen LogP contribution >= 0.6 is 11.8 Å². The van der Waals surface area contributed by atoms with Crippen molar-refractivity contribution >= 4 is 29.3 Å². The Morgan fingerprint density at radius 1 is 1.09 bits per heavy atom. The Bertz CT molecular complexity index is 1290. The van der Waals surface area contributed by atoms with Crippen LogP contribution in [0.2, 0.25) is 0 Å². The van der Waals surface area contributed by atoms with Crippen LogP contribution in [0.3, 0.4) is 0 Å². The first kappa shape index (κ1) is 23.2. The van der Waals surface area contributed by atoms with Crippen molar-refractivity contribution in [3.05, 3.63) is 65.7 Å². The number of hydrogen-bond acceptors (Lipinski definition) is 9. The number of nitrogens with one attached hydrogen (secondary N) is 1. The molecule has 35 heavy (non-hydrogen) atoms. The largest absolute Gasteiger partial charge is 0.376 e. The number of nitrogens with zero attached hydrogens (tertiary/aromatic N) is 6. The van der Waals surface area contributed by atoms with Crippen molar-refractivity contribution in [3.8, 4) is 11.4 Å². The van der Waals surface area contributed by atoms with E-state index in [1.807, 2.05) is 35.8 Å². The van der Waals surface area contributed by atoms with Crippen molar-refractivity contribution in [2.24, 2.45) is 0 Å². The SMILES string of the molecule is Cc1ccc(Nc2nc(N)nc(CSc3nnc(-c4ccc(F)cc4)n3C[C@H]3CCCO3)n2)cc1. The van der Waals surface area contributed by atoms with E-state index in [0.717, 1.165) is 36.3 Å². The molecule has 2 aromatic carbocycles. The maximum Gasteiger partial charge on any atom is 0.232 e. The van der Waals surface area contributed by atoms with Gasteiger partial charge in [0.05, 0.1) is 18.4 Å². The number of aryl methyl sites for hydroxylation is 1. The highest BCUT2D eigenvalue weighted by Gasteiger charge is 2.22. The normalized spacial score (nSPS) is 15.4. The number of nitrogens with two attached hydrogens (primary N) is 1. The molecule has 1 aliphatic heterocycles. The molecule has 1 atom stereocenters. The summed E-state index contributed by atoms with van der Waals surface area (Å²) in [5.74, 6) is 1.83. The Balaban J connectivity index is 1.36. The van der Waals surface area contributed by atoms with Gasteiger partial charge in [-0.2, -0.15) is 15.0 Å². The smallest absolute Gasteiger partial charge is 0.232 e. The number of ether oxygens (including phenoxy) is 1. The molecule has 0 aliphatic carbocycles. The van der Waals surface area contributed by atoms with Crippen molar-refractivity contribution in [2.45, 2.75) is 43.3 Å². The third kappa shape index (κ3) is 5.75. The van der Waals surface area contributed by atoms with E-state index >= 15 is 0 Å². The van der Waals surface area contributed by atoms with E-state index in [1.54, 1.807) is 12.1 Å². The molecule has 4 aromatic rings. The van der Waals surface area contributed by atoms with E-state index in [9.17, 15) is 4.39 Å².